The third-order valence-corrected chi connectivity index (χ3v) is 4.77. The molecule has 3 aromatic rings. The van der Waals surface area contributed by atoms with Crippen LogP contribution in [0.15, 0.2) is 24.5 Å². The number of fused-ring (bicyclic) bond motifs is 1. The van der Waals surface area contributed by atoms with Crippen molar-refractivity contribution in [3.8, 4) is 11.5 Å². The Bertz CT molecular complexity index is 983. The van der Waals surface area contributed by atoms with E-state index in [0.717, 1.165) is 28.9 Å². The zero-order valence-electron chi connectivity index (χ0n) is 16.7. The third kappa shape index (κ3) is 4.21. The van der Waals surface area contributed by atoms with Gasteiger partial charge in [0.1, 0.15) is 6.33 Å². The molecular formula is C20H25N5O3. The average molecular weight is 383 g/mol. The number of amides is 1. The average Bonchev–Trinajstić information content (AvgIpc) is 3.16. The van der Waals surface area contributed by atoms with Crippen molar-refractivity contribution < 1.29 is 14.3 Å². The highest BCUT2D eigenvalue weighted by atomic mass is 16.5. The summed E-state index contributed by atoms with van der Waals surface area (Å²) in [4.78, 5) is 20.8. The van der Waals surface area contributed by atoms with E-state index in [-0.39, 0.29) is 5.91 Å². The molecule has 0 bridgehead atoms. The smallest absolute Gasteiger partial charge is 0.252 e. The molecular weight excluding hydrogens is 358 g/mol. The summed E-state index contributed by atoms with van der Waals surface area (Å²) >= 11 is 0. The van der Waals surface area contributed by atoms with Gasteiger partial charge in [-0.2, -0.15) is 10.1 Å². The molecule has 1 N–H and O–H groups in total. The molecule has 8 nitrogen and oxygen atoms in total. The minimum absolute atomic E-state index is 0.0120. The fourth-order valence-corrected chi connectivity index (χ4v) is 3.23. The monoisotopic (exact) mass is 383 g/mol. The van der Waals surface area contributed by atoms with E-state index >= 15 is 0 Å². The van der Waals surface area contributed by atoms with Crippen LogP contribution in [-0.4, -0.2) is 46.3 Å². The number of nitrogens with one attached hydrogen (secondary N) is 1. The Balaban J connectivity index is 1.53. The first-order chi connectivity index (χ1) is 13.5. The van der Waals surface area contributed by atoms with Crippen LogP contribution in [0.25, 0.3) is 5.78 Å². The molecule has 28 heavy (non-hydrogen) atoms. The van der Waals surface area contributed by atoms with Crippen molar-refractivity contribution in [2.24, 2.45) is 0 Å². The molecule has 0 saturated heterocycles. The zero-order chi connectivity index (χ0) is 20.1. The molecule has 0 unspecified atom stereocenters. The fourth-order valence-electron chi connectivity index (χ4n) is 3.23. The molecule has 0 spiro atoms. The van der Waals surface area contributed by atoms with E-state index in [0.29, 0.717) is 36.7 Å². The van der Waals surface area contributed by atoms with Gasteiger partial charge in [0.25, 0.3) is 5.78 Å². The molecule has 0 aliphatic carbocycles. The van der Waals surface area contributed by atoms with Crippen LogP contribution in [0.5, 0.6) is 11.5 Å². The van der Waals surface area contributed by atoms with E-state index in [2.05, 4.69) is 20.4 Å². The summed E-state index contributed by atoms with van der Waals surface area (Å²) in [5, 5.41) is 7.15. The number of hydrogen-bond acceptors (Lipinski definition) is 6. The second-order valence-corrected chi connectivity index (χ2v) is 6.52. The van der Waals surface area contributed by atoms with E-state index in [1.165, 1.54) is 6.33 Å². The normalized spacial score (nSPS) is 10.9. The van der Waals surface area contributed by atoms with Crippen molar-refractivity contribution in [2.75, 3.05) is 20.8 Å². The predicted molar refractivity (Wildman–Crippen MR) is 105 cm³/mol. The molecule has 0 radical (unpaired) electrons. The van der Waals surface area contributed by atoms with Crippen molar-refractivity contribution in [3.05, 3.63) is 47.0 Å². The Labute approximate surface area is 163 Å². The van der Waals surface area contributed by atoms with Crippen molar-refractivity contribution in [3.63, 3.8) is 0 Å². The lowest BCUT2D eigenvalue weighted by Crippen LogP contribution is -2.26. The van der Waals surface area contributed by atoms with Crippen LogP contribution in [0.1, 0.15) is 28.9 Å². The van der Waals surface area contributed by atoms with Gasteiger partial charge in [-0.3, -0.25) is 4.79 Å². The standard InChI is InChI=1S/C20H25N5O3/c1-13-16(14(2)25-20(24-13)22-12-23-25)6-8-19(26)21-10-9-15-5-7-17(27-3)18(11-15)28-4/h5,7,11-12H,6,8-10H2,1-4H3,(H,21,26). The summed E-state index contributed by atoms with van der Waals surface area (Å²) in [6, 6.07) is 5.77. The van der Waals surface area contributed by atoms with Gasteiger partial charge in [-0.25, -0.2) is 9.50 Å². The molecule has 2 heterocycles. The van der Waals surface area contributed by atoms with Gasteiger partial charge in [0.2, 0.25) is 5.91 Å². The number of carbonyl (C=O) groups excluding carboxylic acids is 1. The van der Waals surface area contributed by atoms with Gasteiger partial charge in [-0.05, 0) is 49.9 Å². The summed E-state index contributed by atoms with van der Waals surface area (Å²) in [5.41, 5.74) is 3.97. The predicted octanol–water partition coefficient (Wildman–Crippen LogP) is 2.05. The molecule has 0 fully saturated rings. The first-order valence-electron chi connectivity index (χ1n) is 9.17. The Kier molecular flexibility index (Phi) is 6.08. The molecule has 0 atom stereocenters. The van der Waals surface area contributed by atoms with Crippen molar-refractivity contribution in [1.82, 2.24) is 24.9 Å². The summed E-state index contributed by atoms with van der Waals surface area (Å²) in [5.74, 6) is 1.98. The molecule has 0 aliphatic heterocycles. The highest BCUT2D eigenvalue weighted by Crippen LogP contribution is 2.27. The summed E-state index contributed by atoms with van der Waals surface area (Å²) in [6.45, 7) is 4.47. The van der Waals surface area contributed by atoms with Crippen LogP contribution >= 0.6 is 0 Å². The van der Waals surface area contributed by atoms with Gasteiger partial charge in [0.15, 0.2) is 11.5 Å². The summed E-state index contributed by atoms with van der Waals surface area (Å²) in [7, 11) is 3.22. The lowest BCUT2D eigenvalue weighted by atomic mass is 10.1. The Morgan fingerprint density at radius 2 is 1.93 bits per heavy atom. The molecule has 0 aliphatic rings. The Morgan fingerprint density at radius 3 is 2.68 bits per heavy atom. The fraction of sp³-hybridized carbons (Fsp3) is 0.400. The van der Waals surface area contributed by atoms with Gasteiger partial charge < -0.3 is 14.8 Å². The number of ether oxygens (including phenoxy) is 2. The van der Waals surface area contributed by atoms with Gasteiger partial charge in [0.05, 0.1) is 14.2 Å². The summed E-state index contributed by atoms with van der Waals surface area (Å²) < 4.78 is 12.3. The van der Waals surface area contributed by atoms with Gasteiger partial charge in [0, 0.05) is 24.4 Å². The maximum atomic E-state index is 12.3. The molecule has 0 saturated carbocycles. The number of aryl methyl sites for hydroxylation is 2. The minimum Gasteiger partial charge on any atom is -0.493 e. The van der Waals surface area contributed by atoms with Crippen molar-refractivity contribution >= 4 is 11.7 Å². The minimum atomic E-state index is 0.0120. The number of hydrogen-bond donors (Lipinski definition) is 1. The van der Waals surface area contributed by atoms with Crippen LogP contribution in [0, 0.1) is 13.8 Å². The third-order valence-electron chi connectivity index (χ3n) is 4.77. The van der Waals surface area contributed by atoms with Crippen LogP contribution in [0.4, 0.5) is 0 Å². The molecule has 8 heteroatoms. The van der Waals surface area contributed by atoms with E-state index in [1.807, 2.05) is 32.0 Å². The van der Waals surface area contributed by atoms with Crippen molar-refractivity contribution in [2.45, 2.75) is 33.1 Å². The number of nitrogens with zero attached hydrogens (tertiary/aromatic N) is 4. The first-order valence-corrected chi connectivity index (χ1v) is 9.17. The number of methoxy groups -OCH3 is 2. The second kappa shape index (κ2) is 8.69. The molecule has 1 aromatic carbocycles. The zero-order valence-corrected chi connectivity index (χ0v) is 16.7. The SMILES string of the molecule is COc1ccc(CCNC(=O)CCc2c(C)nc3ncnn3c2C)cc1OC. The number of carbonyl (C=O) groups is 1. The number of benzene rings is 1. The quantitative estimate of drug-likeness (QED) is 0.640. The topological polar surface area (TPSA) is 90.6 Å². The van der Waals surface area contributed by atoms with Gasteiger partial charge in [-0.15, -0.1) is 0 Å². The summed E-state index contributed by atoms with van der Waals surface area (Å²) in [6.07, 6.45) is 3.22. The molecule has 1 amide bonds. The van der Waals surface area contributed by atoms with Crippen LogP contribution in [0.2, 0.25) is 0 Å². The molecule has 148 valence electrons. The van der Waals surface area contributed by atoms with Crippen molar-refractivity contribution in [1.29, 1.82) is 0 Å². The second-order valence-electron chi connectivity index (χ2n) is 6.52. The van der Waals surface area contributed by atoms with E-state index < -0.39 is 0 Å². The Morgan fingerprint density at radius 1 is 1.14 bits per heavy atom. The molecule has 2 aromatic heterocycles. The van der Waals surface area contributed by atoms with Crippen LogP contribution in [0.3, 0.4) is 0 Å². The highest BCUT2D eigenvalue weighted by Gasteiger charge is 2.12. The van der Waals surface area contributed by atoms with E-state index in [4.69, 9.17) is 9.47 Å². The lowest BCUT2D eigenvalue weighted by molar-refractivity contribution is -0.121. The number of rotatable bonds is 8. The van der Waals surface area contributed by atoms with Crippen LogP contribution in [-0.2, 0) is 17.6 Å². The van der Waals surface area contributed by atoms with E-state index in [9.17, 15) is 4.79 Å². The van der Waals surface area contributed by atoms with Gasteiger partial charge >= 0.3 is 0 Å². The highest BCUT2D eigenvalue weighted by molar-refractivity contribution is 5.76. The molecule has 3 rings (SSSR count). The first kappa shape index (κ1) is 19.6. The Hall–Kier alpha value is -3.16. The number of aromatic nitrogens is 4. The maximum absolute atomic E-state index is 12.3. The largest absolute Gasteiger partial charge is 0.493 e. The maximum Gasteiger partial charge on any atom is 0.252 e. The van der Waals surface area contributed by atoms with Crippen LogP contribution < -0.4 is 14.8 Å². The van der Waals surface area contributed by atoms with E-state index in [1.54, 1.807) is 18.7 Å². The van der Waals surface area contributed by atoms with Gasteiger partial charge in [-0.1, -0.05) is 6.07 Å². The lowest BCUT2D eigenvalue weighted by Gasteiger charge is -2.11.